The minimum atomic E-state index is -0.443. The average molecular weight is 478 g/mol. The molecule has 1 amide bonds. The summed E-state index contributed by atoms with van der Waals surface area (Å²) in [7, 11) is 6.09. The van der Waals surface area contributed by atoms with Crippen LogP contribution in [-0.4, -0.2) is 44.6 Å². The molecule has 3 aromatic rings. The number of methoxy groups -OCH3 is 4. The molecule has 0 radical (unpaired) electrons. The van der Waals surface area contributed by atoms with Crippen LogP contribution in [0.5, 0.6) is 34.5 Å². The summed E-state index contributed by atoms with van der Waals surface area (Å²) in [6, 6.07) is 13.3. The lowest BCUT2D eigenvalue weighted by molar-refractivity contribution is -0.111. The van der Waals surface area contributed by atoms with Gasteiger partial charge in [-0.15, -0.1) is 0 Å². The van der Waals surface area contributed by atoms with Gasteiger partial charge in [0.05, 0.1) is 34.1 Å². The molecule has 0 unspecified atom stereocenters. The fraction of sp³-hybridized carbons (Fsp3) is 0.148. The number of phenols is 2. The Balaban J connectivity index is 1.76. The number of amides is 1. The van der Waals surface area contributed by atoms with Gasteiger partial charge in [0.1, 0.15) is 5.75 Å². The molecule has 0 fully saturated rings. The van der Waals surface area contributed by atoms with Crippen LogP contribution in [0, 0.1) is 0 Å². The number of benzene rings is 3. The first kappa shape index (κ1) is 25.0. The molecule has 182 valence electrons. The summed E-state index contributed by atoms with van der Waals surface area (Å²) < 4.78 is 21.1. The second kappa shape index (κ2) is 11.5. The van der Waals surface area contributed by atoms with E-state index >= 15 is 0 Å². The molecule has 0 spiro atoms. The second-order valence-electron chi connectivity index (χ2n) is 7.32. The monoisotopic (exact) mass is 477 g/mol. The van der Waals surface area contributed by atoms with Gasteiger partial charge in [0.15, 0.2) is 23.0 Å². The highest BCUT2D eigenvalue weighted by Gasteiger charge is 2.12. The van der Waals surface area contributed by atoms with Crippen molar-refractivity contribution in [2.75, 3.05) is 33.8 Å². The number of aromatic hydroxyl groups is 2. The SMILES string of the molecule is COc1ccc(/C=C/C(=O)Nc2cc(/C=C/c3cc(OC)c(OC)c(OC)c3)ccc2O)cc1O. The molecular formula is C27H27NO7. The van der Waals surface area contributed by atoms with Crippen molar-refractivity contribution in [1.29, 1.82) is 0 Å². The van der Waals surface area contributed by atoms with E-state index in [0.29, 0.717) is 28.6 Å². The third-order valence-corrected chi connectivity index (χ3v) is 5.06. The predicted molar refractivity (Wildman–Crippen MR) is 135 cm³/mol. The second-order valence-corrected chi connectivity index (χ2v) is 7.32. The summed E-state index contributed by atoms with van der Waals surface area (Å²) >= 11 is 0. The summed E-state index contributed by atoms with van der Waals surface area (Å²) in [6.07, 6.45) is 6.52. The van der Waals surface area contributed by atoms with Crippen LogP contribution in [0.15, 0.2) is 54.6 Å². The van der Waals surface area contributed by atoms with Crippen molar-refractivity contribution in [3.05, 3.63) is 71.3 Å². The summed E-state index contributed by atoms with van der Waals surface area (Å²) in [6.45, 7) is 0. The van der Waals surface area contributed by atoms with Crippen LogP contribution in [0.4, 0.5) is 5.69 Å². The number of nitrogens with one attached hydrogen (secondary N) is 1. The first-order chi connectivity index (χ1) is 16.9. The normalized spacial score (nSPS) is 11.0. The molecule has 0 heterocycles. The standard InChI is InChI=1S/C27H27NO7/c1-32-23-11-8-18(14-22(23)30)9-12-26(31)28-20-13-17(7-10-21(20)29)5-6-19-15-24(33-2)27(35-4)25(16-19)34-3/h5-16,29-30H,1-4H3,(H,28,31)/b6-5+,12-9+. The number of ether oxygens (including phenoxy) is 4. The van der Waals surface area contributed by atoms with Crippen LogP contribution in [-0.2, 0) is 4.79 Å². The van der Waals surface area contributed by atoms with Crippen molar-refractivity contribution in [2.24, 2.45) is 0 Å². The average Bonchev–Trinajstić information content (AvgIpc) is 2.87. The van der Waals surface area contributed by atoms with Crippen LogP contribution in [0.25, 0.3) is 18.2 Å². The Morgan fingerprint density at radius 1 is 0.686 bits per heavy atom. The van der Waals surface area contributed by atoms with Gasteiger partial charge in [0.2, 0.25) is 11.7 Å². The molecule has 35 heavy (non-hydrogen) atoms. The highest BCUT2D eigenvalue weighted by Crippen LogP contribution is 2.38. The van der Waals surface area contributed by atoms with Gasteiger partial charge in [-0.2, -0.15) is 0 Å². The van der Waals surface area contributed by atoms with Crippen LogP contribution < -0.4 is 24.3 Å². The predicted octanol–water partition coefficient (Wildman–Crippen LogP) is 4.95. The molecular weight excluding hydrogens is 450 g/mol. The van der Waals surface area contributed by atoms with E-state index < -0.39 is 5.91 Å². The summed E-state index contributed by atoms with van der Waals surface area (Å²) in [5.74, 6) is 1.36. The highest BCUT2D eigenvalue weighted by molar-refractivity contribution is 6.03. The largest absolute Gasteiger partial charge is 0.506 e. The Morgan fingerprint density at radius 3 is 1.89 bits per heavy atom. The van der Waals surface area contributed by atoms with E-state index in [1.807, 2.05) is 24.3 Å². The lowest BCUT2D eigenvalue weighted by atomic mass is 10.1. The van der Waals surface area contributed by atoms with Crippen LogP contribution in [0.2, 0.25) is 0 Å². The third-order valence-electron chi connectivity index (χ3n) is 5.06. The van der Waals surface area contributed by atoms with E-state index in [4.69, 9.17) is 18.9 Å². The number of carbonyl (C=O) groups excluding carboxylic acids is 1. The van der Waals surface area contributed by atoms with Gasteiger partial charge in [-0.25, -0.2) is 0 Å². The molecule has 0 atom stereocenters. The molecule has 3 aromatic carbocycles. The fourth-order valence-corrected chi connectivity index (χ4v) is 3.30. The maximum absolute atomic E-state index is 12.4. The van der Waals surface area contributed by atoms with Gasteiger partial charge >= 0.3 is 0 Å². The zero-order chi connectivity index (χ0) is 25.4. The molecule has 0 aromatic heterocycles. The van der Waals surface area contributed by atoms with Crippen molar-refractivity contribution < 1.29 is 34.0 Å². The molecule has 8 nitrogen and oxygen atoms in total. The van der Waals surface area contributed by atoms with Gasteiger partial charge in [-0.1, -0.05) is 24.3 Å². The molecule has 0 aliphatic heterocycles. The molecule has 0 aliphatic carbocycles. The minimum absolute atomic E-state index is 0.0284. The number of phenolic OH excluding ortho intramolecular Hbond substituents is 2. The van der Waals surface area contributed by atoms with E-state index in [2.05, 4.69) is 5.32 Å². The minimum Gasteiger partial charge on any atom is -0.506 e. The number of hydrogen-bond acceptors (Lipinski definition) is 7. The quantitative estimate of drug-likeness (QED) is 0.227. The van der Waals surface area contributed by atoms with E-state index in [-0.39, 0.29) is 17.2 Å². The van der Waals surface area contributed by atoms with Crippen LogP contribution >= 0.6 is 0 Å². The number of rotatable bonds is 9. The molecule has 0 saturated carbocycles. The Bertz CT molecular complexity index is 1240. The van der Waals surface area contributed by atoms with E-state index in [0.717, 1.165) is 11.1 Å². The molecule has 3 N–H and O–H groups in total. The van der Waals surface area contributed by atoms with Crippen LogP contribution in [0.3, 0.4) is 0 Å². The van der Waals surface area contributed by atoms with Crippen molar-refractivity contribution in [1.82, 2.24) is 0 Å². The molecule has 3 rings (SSSR count). The van der Waals surface area contributed by atoms with Gasteiger partial charge in [0, 0.05) is 6.08 Å². The highest BCUT2D eigenvalue weighted by atomic mass is 16.5. The zero-order valence-corrected chi connectivity index (χ0v) is 19.9. The smallest absolute Gasteiger partial charge is 0.248 e. The summed E-state index contributed by atoms with van der Waals surface area (Å²) in [4.78, 5) is 12.4. The summed E-state index contributed by atoms with van der Waals surface area (Å²) in [5, 5.41) is 22.7. The Hall–Kier alpha value is -4.59. The van der Waals surface area contributed by atoms with E-state index in [1.54, 1.807) is 44.6 Å². The number of carbonyl (C=O) groups is 1. The fourth-order valence-electron chi connectivity index (χ4n) is 3.30. The van der Waals surface area contributed by atoms with Crippen molar-refractivity contribution >= 4 is 29.8 Å². The van der Waals surface area contributed by atoms with Gasteiger partial charge < -0.3 is 34.5 Å². The first-order valence-electron chi connectivity index (χ1n) is 10.6. The lowest BCUT2D eigenvalue weighted by Gasteiger charge is -2.12. The van der Waals surface area contributed by atoms with Crippen molar-refractivity contribution in [3.63, 3.8) is 0 Å². The first-order valence-corrected chi connectivity index (χ1v) is 10.6. The maximum atomic E-state index is 12.4. The third kappa shape index (κ3) is 6.26. The van der Waals surface area contributed by atoms with Gasteiger partial charge in [-0.3, -0.25) is 4.79 Å². The van der Waals surface area contributed by atoms with Crippen molar-refractivity contribution in [2.45, 2.75) is 0 Å². The van der Waals surface area contributed by atoms with E-state index in [9.17, 15) is 15.0 Å². The molecule has 0 bridgehead atoms. The van der Waals surface area contributed by atoms with Crippen LogP contribution in [0.1, 0.15) is 16.7 Å². The lowest BCUT2D eigenvalue weighted by Crippen LogP contribution is -2.08. The number of hydrogen-bond donors (Lipinski definition) is 3. The number of anilines is 1. The van der Waals surface area contributed by atoms with Crippen molar-refractivity contribution in [3.8, 4) is 34.5 Å². The molecule has 0 aliphatic rings. The summed E-state index contributed by atoms with van der Waals surface area (Å²) in [5.41, 5.74) is 2.42. The zero-order valence-electron chi connectivity index (χ0n) is 19.9. The Kier molecular flexibility index (Phi) is 8.24. The van der Waals surface area contributed by atoms with Gasteiger partial charge in [-0.05, 0) is 59.2 Å². The Morgan fingerprint density at radius 2 is 1.29 bits per heavy atom. The Labute approximate surface area is 203 Å². The topological polar surface area (TPSA) is 106 Å². The van der Waals surface area contributed by atoms with Gasteiger partial charge in [0.25, 0.3) is 0 Å². The maximum Gasteiger partial charge on any atom is 0.248 e. The molecule has 0 saturated heterocycles. The molecule has 8 heteroatoms. The van der Waals surface area contributed by atoms with E-state index in [1.165, 1.54) is 32.4 Å².